The molecule has 2 fully saturated rings. The topological polar surface area (TPSA) is 74.7 Å². The molecular weight excluding hydrogens is 311 g/mol. The van der Waals surface area contributed by atoms with Crippen molar-refractivity contribution in [3.63, 3.8) is 0 Å². The third-order valence-electron chi connectivity index (χ3n) is 4.43. The van der Waals surface area contributed by atoms with E-state index in [1.807, 2.05) is 0 Å². The second kappa shape index (κ2) is 5.75. The van der Waals surface area contributed by atoms with E-state index in [1.165, 1.54) is 0 Å². The van der Waals surface area contributed by atoms with Crippen LogP contribution in [0.4, 0.5) is 13.2 Å². The lowest BCUT2D eigenvalue weighted by atomic mass is 9.84. The molecule has 0 unspecified atom stereocenters. The van der Waals surface area contributed by atoms with E-state index in [0.29, 0.717) is 16.6 Å². The zero-order valence-corrected chi connectivity index (χ0v) is 12.2. The predicted molar refractivity (Wildman–Crippen MR) is 68.0 cm³/mol. The molecule has 9 heteroatoms. The highest BCUT2D eigenvalue weighted by Crippen LogP contribution is 2.39. The van der Waals surface area contributed by atoms with Gasteiger partial charge in [-0.2, -0.15) is 13.2 Å². The van der Waals surface area contributed by atoms with Gasteiger partial charge in [-0.1, -0.05) is 19.3 Å². The van der Waals surface area contributed by atoms with Crippen molar-refractivity contribution in [3.8, 4) is 0 Å². The van der Waals surface area contributed by atoms with E-state index in [-0.39, 0.29) is 5.75 Å². The average Bonchev–Trinajstić information content (AvgIpc) is 2.71. The highest BCUT2D eigenvalue weighted by Gasteiger charge is 2.54. The fourth-order valence-corrected chi connectivity index (χ4v) is 4.47. The average molecular weight is 329 g/mol. The van der Waals surface area contributed by atoms with Crippen LogP contribution in [-0.2, 0) is 14.8 Å². The van der Waals surface area contributed by atoms with Crippen molar-refractivity contribution in [2.75, 3.05) is 18.8 Å². The van der Waals surface area contributed by atoms with E-state index < -0.39 is 47.1 Å². The van der Waals surface area contributed by atoms with Gasteiger partial charge < -0.3 is 5.11 Å². The molecule has 2 atom stereocenters. The van der Waals surface area contributed by atoms with Gasteiger partial charge in [0.25, 0.3) is 0 Å². The Hall–Kier alpha value is -0.830. The minimum Gasteiger partial charge on any atom is -0.481 e. The summed E-state index contributed by atoms with van der Waals surface area (Å²) in [5.41, 5.74) is 0. The number of halogens is 3. The Morgan fingerprint density at radius 1 is 1.24 bits per heavy atom. The standard InChI is InChI=1S/C12H18F3NO4S/c13-12(14,15)10-7-16(6-9(10)11(17)18)21(19,20)5-4-8-2-1-3-8/h8-10H,1-7H2,(H,17,18)/t9-,10-/m1/s1. The van der Waals surface area contributed by atoms with E-state index in [9.17, 15) is 26.4 Å². The Bertz CT molecular complexity index is 501. The molecule has 2 aliphatic rings. The lowest BCUT2D eigenvalue weighted by Gasteiger charge is -2.26. The van der Waals surface area contributed by atoms with Gasteiger partial charge in [0.2, 0.25) is 10.0 Å². The van der Waals surface area contributed by atoms with Crippen LogP contribution < -0.4 is 0 Å². The molecule has 0 spiro atoms. The number of carboxylic acid groups (broad SMARTS) is 1. The van der Waals surface area contributed by atoms with E-state index >= 15 is 0 Å². The van der Waals surface area contributed by atoms with E-state index in [4.69, 9.17) is 5.11 Å². The summed E-state index contributed by atoms with van der Waals surface area (Å²) >= 11 is 0. The van der Waals surface area contributed by atoms with Crippen molar-refractivity contribution in [1.29, 1.82) is 0 Å². The number of hydrogen-bond donors (Lipinski definition) is 1. The van der Waals surface area contributed by atoms with Crippen LogP contribution in [0.25, 0.3) is 0 Å². The highest BCUT2D eigenvalue weighted by atomic mass is 32.2. The molecule has 0 aromatic heterocycles. The minimum absolute atomic E-state index is 0.200. The first-order valence-corrected chi connectivity index (χ1v) is 8.49. The smallest absolute Gasteiger partial charge is 0.393 e. The number of aliphatic carboxylic acids is 1. The summed E-state index contributed by atoms with van der Waals surface area (Å²) in [6.07, 6.45) is -1.29. The van der Waals surface area contributed by atoms with Gasteiger partial charge in [-0.05, 0) is 12.3 Å². The Balaban J connectivity index is 2.04. The van der Waals surface area contributed by atoms with Crippen LogP contribution in [0.15, 0.2) is 0 Å². The van der Waals surface area contributed by atoms with Crippen LogP contribution in [0, 0.1) is 17.8 Å². The number of alkyl halides is 3. The number of nitrogens with zero attached hydrogens (tertiary/aromatic N) is 1. The largest absolute Gasteiger partial charge is 0.481 e. The molecule has 1 saturated carbocycles. The quantitative estimate of drug-likeness (QED) is 0.833. The molecule has 0 aromatic carbocycles. The number of carboxylic acids is 1. The van der Waals surface area contributed by atoms with E-state index in [2.05, 4.69) is 0 Å². The summed E-state index contributed by atoms with van der Waals surface area (Å²) in [4.78, 5) is 10.9. The van der Waals surface area contributed by atoms with Gasteiger partial charge in [-0.15, -0.1) is 0 Å². The van der Waals surface area contributed by atoms with Gasteiger partial charge in [-0.25, -0.2) is 12.7 Å². The maximum atomic E-state index is 12.8. The van der Waals surface area contributed by atoms with E-state index in [1.54, 1.807) is 0 Å². The van der Waals surface area contributed by atoms with Gasteiger partial charge in [0.15, 0.2) is 0 Å². The Morgan fingerprint density at radius 2 is 1.86 bits per heavy atom. The summed E-state index contributed by atoms with van der Waals surface area (Å²) in [5.74, 6) is -5.32. The first-order chi connectivity index (χ1) is 9.61. The molecule has 1 aliphatic carbocycles. The molecule has 0 amide bonds. The predicted octanol–water partition coefficient (Wildman–Crippen LogP) is 1.70. The lowest BCUT2D eigenvalue weighted by Crippen LogP contribution is -2.34. The molecule has 0 bridgehead atoms. The normalized spacial score (nSPS) is 28.5. The summed E-state index contributed by atoms with van der Waals surface area (Å²) in [6, 6.07) is 0. The molecule has 5 nitrogen and oxygen atoms in total. The van der Waals surface area contributed by atoms with Crippen molar-refractivity contribution >= 4 is 16.0 Å². The van der Waals surface area contributed by atoms with Crippen LogP contribution in [0.2, 0.25) is 0 Å². The second-order valence-electron chi connectivity index (χ2n) is 5.81. The fraction of sp³-hybridized carbons (Fsp3) is 0.917. The molecule has 0 aromatic rings. The van der Waals surface area contributed by atoms with Crippen LogP contribution >= 0.6 is 0 Å². The molecule has 1 heterocycles. The summed E-state index contributed by atoms with van der Waals surface area (Å²) in [6.45, 7) is -1.38. The van der Waals surface area contributed by atoms with Gasteiger partial charge in [0.1, 0.15) is 0 Å². The number of rotatable bonds is 5. The maximum Gasteiger partial charge on any atom is 0.393 e. The molecule has 21 heavy (non-hydrogen) atoms. The molecule has 2 rings (SSSR count). The molecule has 1 aliphatic heterocycles. The molecular formula is C12H18F3NO4S. The second-order valence-corrected chi connectivity index (χ2v) is 7.90. The Labute approximate surface area is 121 Å². The lowest BCUT2D eigenvalue weighted by molar-refractivity contribution is -0.187. The van der Waals surface area contributed by atoms with Crippen LogP contribution in [0.5, 0.6) is 0 Å². The number of carbonyl (C=O) groups is 1. The van der Waals surface area contributed by atoms with Crippen LogP contribution in [0.1, 0.15) is 25.7 Å². The van der Waals surface area contributed by atoms with Crippen LogP contribution in [0.3, 0.4) is 0 Å². The van der Waals surface area contributed by atoms with Gasteiger partial charge in [0, 0.05) is 13.1 Å². The zero-order valence-electron chi connectivity index (χ0n) is 11.3. The van der Waals surface area contributed by atoms with Gasteiger partial charge in [-0.3, -0.25) is 4.79 Å². The number of hydrogen-bond acceptors (Lipinski definition) is 3. The third kappa shape index (κ3) is 3.68. The number of sulfonamides is 1. The maximum absolute atomic E-state index is 12.8. The third-order valence-corrected chi connectivity index (χ3v) is 6.26. The summed E-state index contributed by atoms with van der Waals surface area (Å²) < 4.78 is 63.3. The summed E-state index contributed by atoms with van der Waals surface area (Å²) in [7, 11) is -3.82. The Morgan fingerprint density at radius 3 is 2.24 bits per heavy atom. The summed E-state index contributed by atoms with van der Waals surface area (Å²) in [5, 5.41) is 8.87. The molecule has 122 valence electrons. The molecule has 1 N–H and O–H groups in total. The van der Waals surface area contributed by atoms with Gasteiger partial charge >= 0.3 is 12.1 Å². The molecule has 1 saturated heterocycles. The molecule has 0 radical (unpaired) electrons. The fourth-order valence-electron chi connectivity index (χ4n) is 2.80. The van der Waals surface area contributed by atoms with Crippen molar-refractivity contribution in [1.82, 2.24) is 4.31 Å². The van der Waals surface area contributed by atoms with Crippen molar-refractivity contribution in [3.05, 3.63) is 0 Å². The van der Waals surface area contributed by atoms with Crippen LogP contribution in [-0.4, -0.2) is 48.8 Å². The van der Waals surface area contributed by atoms with E-state index in [0.717, 1.165) is 19.3 Å². The monoisotopic (exact) mass is 329 g/mol. The first-order valence-electron chi connectivity index (χ1n) is 6.88. The highest BCUT2D eigenvalue weighted by molar-refractivity contribution is 7.89. The zero-order chi connectivity index (χ0) is 15.8. The van der Waals surface area contributed by atoms with Gasteiger partial charge in [0.05, 0.1) is 17.6 Å². The Kier molecular flexibility index (Phi) is 4.53. The minimum atomic E-state index is -4.71. The SMILES string of the molecule is O=C(O)[C@@H]1CN(S(=O)(=O)CCC2CCC2)C[C@H]1C(F)(F)F. The van der Waals surface area contributed by atoms with Crippen molar-refractivity contribution in [2.45, 2.75) is 31.9 Å². The van der Waals surface area contributed by atoms with Crippen molar-refractivity contribution in [2.24, 2.45) is 17.8 Å². The first kappa shape index (κ1) is 16.5. The van der Waals surface area contributed by atoms with Crippen molar-refractivity contribution < 1.29 is 31.5 Å².